The molecular weight excluding hydrogens is 246 g/mol. The maximum absolute atomic E-state index is 11.8. The van der Waals surface area contributed by atoms with Gasteiger partial charge in [0, 0.05) is 30.8 Å². The van der Waals surface area contributed by atoms with E-state index in [1.807, 2.05) is 13.8 Å². The lowest BCUT2D eigenvalue weighted by atomic mass is 10.2. The molecule has 0 radical (unpaired) electrons. The summed E-state index contributed by atoms with van der Waals surface area (Å²) in [5.41, 5.74) is 0.865. The van der Waals surface area contributed by atoms with Crippen molar-refractivity contribution < 1.29 is 4.92 Å². The van der Waals surface area contributed by atoms with Gasteiger partial charge in [0.05, 0.1) is 11.1 Å². The summed E-state index contributed by atoms with van der Waals surface area (Å²) in [6.07, 6.45) is 1.28. The van der Waals surface area contributed by atoms with Crippen molar-refractivity contribution in [3.05, 3.63) is 50.4 Å². The Morgan fingerprint density at radius 1 is 1.58 bits per heavy atom. The number of aryl methyl sites for hydroxylation is 1. The van der Waals surface area contributed by atoms with E-state index in [0.717, 1.165) is 5.57 Å². The van der Waals surface area contributed by atoms with Crippen molar-refractivity contribution in [1.82, 2.24) is 9.88 Å². The maximum atomic E-state index is 11.8. The first-order valence-corrected chi connectivity index (χ1v) is 6.06. The molecule has 19 heavy (non-hydrogen) atoms. The van der Waals surface area contributed by atoms with E-state index in [-0.39, 0.29) is 17.8 Å². The van der Waals surface area contributed by atoms with Gasteiger partial charge in [-0.2, -0.15) is 0 Å². The largest absolute Gasteiger partial charge is 0.311 e. The molecule has 1 N–H and O–H groups in total. The summed E-state index contributed by atoms with van der Waals surface area (Å²) < 4.78 is 1.31. The monoisotopic (exact) mass is 265 g/mol. The first-order valence-electron chi connectivity index (χ1n) is 6.06. The summed E-state index contributed by atoms with van der Waals surface area (Å²) in [5, 5.41) is 14.0. The van der Waals surface area contributed by atoms with Crippen LogP contribution in [0.5, 0.6) is 0 Å². The van der Waals surface area contributed by atoms with Crippen LogP contribution < -0.4 is 10.9 Å². The Kier molecular flexibility index (Phi) is 5.00. The van der Waals surface area contributed by atoms with E-state index in [1.165, 1.54) is 16.8 Å². The van der Waals surface area contributed by atoms with Crippen LogP contribution in [-0.2, 0) is 6.54 Å². The van der Waals surface area contributed by atoms with Gasteiger partial charge in [0.1, 0.15) is 0 Å². The Balaban J connectivity index is 2.89. The van der Waals surface area contributed by atoms with Gasteiger partial charge in [-0.25, -0.2) is 0 Å². The third-order valence-electron chi connectivity index (χ3n) is 2.66. The minimum atomic E-state index is -0.486. The molecular formula is C13H19N3O3. The van der Waals surface area contributed by atoms with Gasteiger partial charge in [-0.05, 0) is 12.5 Å². The van der Waals surface area contributed by atoms with Crippen LogP contribution in [-0.4, -0.2) is 22.1 Å². The van der Waals surface area contributed by atoms with Crippen LogP contribution >= 0.6 is 0 Å². The summed E-state index contributed by atoms with van der Waals surface area (Å²) in [5.74, 6) is 0. The molecule has 0 aromatic carbocycles. The van der Waals surface area contributed by atoms with Crippen molar-refractivity contribution in [2.45, 2.75) is 33.4 Å². The topological polar surface area (TPSA) is 77.2 Å². The molecule has 0 spiro atoms. The number of nitro groups is 1. The average molecular weight is 265 g/mol. The SMILES string of the molecule is C=C(CNC(C)C)Cn1cc([N+](=O)[O-])c(C)cc1=O. The fraction of sp³-hybridized carbons (Fsp3) is 0.462. The van der Waals surface area contributed by atoms with Crippen LogP contribution in [0.3, 0.4) is 0 Å². The van der Waals surface area contributed by atoms with Crippen molar-refractivity contribution in [2.75, 3.05) is 6.54 Å². The Morgan fingerprint density at radius 3 is 2.74 bits per heavy atom. The molecule has 0 aliphatic carbocycles. The van der Waals surface area contributed by atoms with Gasteiger partial charge >= 0.3 is 0 Å². The summed E-state index contributed by atoms with van der Waals surface area (Å²) in [4.78, 5) is 22.1. The molecule has 0 amide bonds. The second-order valence-corrected chi connectivity index (χ2v) is 4.85. The van der Waals surface area contributed by atoms with Gasteiger partial charge in [0.25, 0.3) is 11.2 Å². The average Bonchev–Trinajstić information content (AvgIpc) is 2.29. The van der Waals surface area contributed by atoms with Crippen LogP contribution in [0.1, 0.15) is 19.4 Å². The normalized spacial score (nSPS) is 10.7. The van der Waals surface area contributed by atoms with E-state index in [4.69, 9.17) is 0 Å². The number of nitrogens with zero attached hydrogens (tertiary/aromatic N) is 2. The minimum absolute atomic E-state index is 0.0516. The smallest absolute Gasteiger partial charge is 0.288 e. The third-order valence-corrected chi connectivity index (χ3v) is 2.66. The molecule has 104 valence electrons. The zero-order valence-corrected chi connectivity index (χ0v) is 11.5. The Bertz CT molecular complexity index is 547. The van der Waals surface area contributed by atoms with Gasteiger partial charge in [0.15, 0.2) is 0 Å². The highest BCUT2D eigenvalue weighted by Gasteiger charge is 2.13. The molecule has 0 unspecified atom stereocenters. The quantitative estimate of drug-likeness (QED) is 0.481. The zero-order chi connectivity index (χ0) is 14.6. The van der Waals surface area contributed by atoms with E-state index in [9.17, 15) is 14.9 Å². The molecule has 0 fully saturated rings. The first kappa shape index (κ1) is 15.1. The van der Waals surface area contributed by atoms with Gasteiger partial charge in [-0.3, -0.25) is 14.9 Å². The number of rotatable bonds is 6. The molecule has 1 aromatic heterocycles. The van der Waals surface area contributed by atoms with Crippen LogP contribution in [0.25, 0.3) is 0 Å². The summed E-state index contributed by atoms with van der Waals surface area (Å²) in [7, 11) is 0. The van der Waals surface area contributed by atoms with Gasteiger partial charge < -0.3 is 9.88 Å². The second kappa shape index (κ2) is 6.29. The second-order valence-electron chi connectivity index (χ2n) is 4.85. The van der Waals surface area contributed by atoms with Crippen LogP contribution in [0.4, 0.5) is 5.69 Å². The van der Waals surface area contributed by atoms with Crippen LogP contribution in [0, 0.1) is 17.0 Å². The predicted molar refractivity (Wildman–Crippen MR) is 74.4 cm³/mol. The fourth-order valence-electron chi connectivity index (χ4n) is 1.62. The van der Waals surface area contributed by atoms with E-state index >= 15 is 0 Å². The van der Waals surface area contributed by atoms with E-state index < -0.39 is 4.92 Å². The number of nitrogens with one attached hydrogen (secondary N) is 1. The number of pyridine rings is 1. The molecule has 0 aliphatic heterocycles. The van der Waals surface area contributed by atoms with Crippen LogP contribution in [0.15, 0.2) is 29.2 Å². The lowest BCUT2D eigenvalue weighted by Crippen LogP contribution is -2.28. The molecule has 1 heterocycles. The van der Waals surface area contributed by atoms with E-state index in [2.05, 4.69) is 11.9 Å². The number of hydrogen-bond acceptors (Lipinski definition) is 4. The van der Waals surface area contributed by atoms with Crippen molar-refractivity contribution in [3.63, 3.8) is 0 Å². The first-order chi connectivity index (χ1) is 8.81. The molecule has 1 aromatic rings. The highest BCUT2D eigenvalue weighted by molar-refractivity contribution is 5.36. The number of aromatic nitrogens is 1. The van der Waals surface area contributed by atoms with Crippen molar-refractivity contribution in [1.29, 1.82) is 0 Å². The zero-order valence-electron chi connectivity index (χ0n) is 11.5. The van der Waals surface area contributed by atoms with Gasteiger partial charge in [0.2, 0.25) is 0 Å². The highest BCUT2D eigenvalue weighted by atomic mass is 16.6. The minimum Gasteiger partial charge on any atom is -0.311 e. The lowest BCUT2D eigenvalue weighted by Gasteiger charge is -2.12. The summed E-state index contributed by atoms with van der Waals surface area (Å²) in [6.45, 7) is 10.3. The third kappa shape index (κ3) is 4.33. The highest BCUT2D eigenvalue weighted by Crippen LogP contribution is 2.14. The molecule has 1 rings (SSSR count). The molecule has 6 nitrogen and oxygen atoms in total. The molecule has 0 saturated carbocycles. The molecule has 0 aliphatic rings. The van der Waals surface area contributed by atoms with Crippen molar-refractivity contribution >= 4 is 5.69 Å². The van der Waals surface area contributed by atoms with Crippen molar-refractivity contribution in [3.8, 4) is 0 Å². The molecule has 0 bridgehead atoms. The van der Waals surface area contributed by atoms with E-state index in [0.29, 0.717) is 18.2 Å². The summed E-state index contributed by atoms with van der Waals surface area (Å²) >= 11 is 0. The Morgan fingerprint density at radius 2 is 2.21 bits per heavy atom. The Labute approximate surface area is 111 Å². The van der Waals surface area contributed by atoms with Gasteiger partial charge in [-0.1, -0.05) is 20.4 Å². The number of hydrogen-bond donors (Lipinski definition) is 1. The maximum Gasteiger partial charge on any atom is 0.288 e. The summed E-state index contributed by atoms with van der Waals surface area (Å²) in [6, 6.07) is 1.60. The lowest BCUT2D eigenvalue weighted by molar-refractivity contribution is -0.385. The molecule has 0 atom stereocenters. The van der Waals surface area contributed by atoms with Crippen LogP contribution in [0.2, 0.25) is 0 Å². The molecule has 0 saturated heterocycles. The van der Waals surface area contributed by atoms with Crippen molar-refractivity contribution in [2.24, 2.45) is 0 Å². The van der Waals surface area contributed by atoms with Gasteiger partial charge in [-0.15, -0.1) is 0 Å². The predicted octanol–water partition coefficient (Wildman–Crippen LogP) is 1.62. The van der Waals surface area contributed by atoms with E-state index in [1.54, 1.807) is 6.92 Å². The molecule has 6 heteroatoms. The Hall–Kier alpha value is -1.95. The fourth-order valence-corrected chi connectivity index (χ4v) is 1.62. The standard InChI is InChI=1S/C13H19N3O3/c1-9(2)14-6-10(3)7-15-8-12(16(18)19)11(4)5-13(15)17/h5,8-9,14H,3,6-7H2,1-2,4H3.